The van der Waals surface area contributed by atoms with E-state index in [1.807, 2.05) is 0 Å². The molecule has 0 aliphatic heterocycles. The minimum absolute atomic E-state index is 0.00654. The lowest BCUT2D eigenvalue weighted by Gasteiger charge is -2.00. The summed E-state index contributed by atoms with van der Waals surface area (Å²) >= 11 is 0. The number of phenolic OH excluding ortho intramolecular Hbond substituents is 2. The van der Waals surface area contributed by atoms with Crippen LogP contribution in [-0.2, 0) is 0 Å². The maximum absolute atomic E-state index is 9.43. The van der Waals surface area contributed by atoms with E-state index in [-0.39, 0.29) is 18.1 Å². The first-order chi connectivity index (χ1) is 7.74. The van der Waals surface area contributed by atoms with Crippen molar-refractivity contribution < 1.29 is 15.3 Å². The number of hydrogen-bond donors (Lipinski definition) is 4. The third-order valence-corrected chi connectivity index (χ3v) is 1.95. The summed E-state index contributed by atoms with van der Waals surface area (Å²) < 4.78 is 0. The summed E-state index contributed by atoms with van der Waals surface area (Å²) in [6, 6.07) is 4.35. The average Bonchev–Trinajstić information content (AvgIpc) is 2.26. The van der Waals surface area contributed by atoms with Crippen LogP contribution in [0.2, 0.25) is 0 Å². The zero-order chi connectivity index (χ0) is 11.8. The fourth-order valence-electron chi connectivity index (χ4n) is 1.15. The van der Waals surface area contributed by atoms with Crippen LogP contribution < -0.4 is 5.32 Å². The van der Waals surface area contributed by atoms with Crippen molar-refractivity contribution in [1.82, 2.24) is 5.32 Å². The van der Waals surface area contributed by atoms with Crippen molar-refractivity contribution in [3.63, 3.8) is 0 Å². The van der Waals surface area contributed by atoms with Gasteiger partial charge in [-0.15, -0.1) is 0 Å². The van der Waals surface area contributed by atoms with Crippen LogP contribution in [0, 0.1) is 0 Å². The summed E-state index contributed by atoms with van der Waals surface area (Å²) in [6.45, 7) is 1.92. The van der Waals surface area contributed by atoms with Gasteiger partial charge < -0.3 is 20.6 Å². The maximum atomic E-state index is 9.43. The highest BCUT2D eigenvalue weighted by molar-refractivity contribution is 5.83. The molecule has 1 aromatic carbocycles. The molecule has 0 bridgehead atoms. The van der Waals surface area contributed by atoms with Crippen LogP contribution in [0.5, 0.6) is 11.5 Å². The van der Waals surface area contributed by atoms with E-state index < -0.39 is 0 Å². The van der Waals surface area contributed by atoms with Crippen molar-refractivity contribution in [2.45, 2.75) is 0 Å². The van der Waals surface area contributed by atoms with Crippen LogP contribution in [0.15, 0.2) is 23.2 Å². The van der Waals surface area contributed by atoms with Gasteiger partial charge in [0.25, 0.3) is 0 Å². The molecule has 4 N–H and O–H groups in total. The van der Waals surface area contributed by atoms with Gasteiger partial charge in [-0.1, -0.05) is 0 Å². The molecule has 0 fully saturated rings. The van der Waals surface area contributed by atoms with Gasteiger partial charge in [0.2, 0.25) is 0 Å². The Balaban J connectivity index is 2.38. The number of aromatic hydroxyl groups is 2. The first-order valence-corrected chi connectivity index (χ1v) is 5.07. The quantitative estimate of drug-likeness (QED) is 0.408. The average molecular weight is 224 g/mol. The zero-order valence-electron chi connectivity index (χ0n) is 8.93. The van der Waals surface area contributed by atoms with Crippen molar-refractivity contribution in [1.29, 1.82) is 0 Å². The second-order valence-corrected chi connectivity index (χ2v) is 3.25. The highest BCUT2D eigenvalue weighted by atomic mass is 16.3. The monoisotopic (exact) mass is 224 g/mol. The molecule has 0 amide bonds. The lowest BCUT2D eigenvalue weighted by atomic mass is 10.2. The van der Waals surface area contributed by atoms with Crippen LogP contribution in [-0.4, -0.2) is 47.8 Å². The van der Waals surface area contributed by atoms with E-state index in [0.717, 1.165) is 0 Å². The molecule has 5 heteroatoms. The lowest BCUT2D eigenvalue weighted by molar-refractivity contribution is 0.293. The number of aliphatic imine (C=N–C) groups is 1. The maximum Gasteiger partial charge on any atom is 0.128 e. The highest BCUT2D eigenvalue weighted by Crippen LogP contribution is 2.20. The van der Waals surface area contributed by atoms with E-state index in [2.05, 4.69) is 10.3 Å². The summed E-state index contributed by atoms with van der Waals surface area (Å²) in [6.07, 6.45) is 1.55. The SMILES string of the molecule is OCCNCCN=Cc1ccc(O)cc1O. The van der Waals surface area contributed by atoms with Gasteiger partial charge in [0.15, 0.2) is 0 Å². The molecular weight excluding hydrogens is 208 g/mol. The topological polar surface area (TPSA) is 85.1 Å². The Morgan fingerprint density at radius 2 is 2.06 bits per heavy atom. The van der Waals surface area contributed by atoms with E-state index in [4.69, 9.17) is 10.2 Å². The number of hydrogen-bond acceptors (Lipinski definition) is 5. The van der Waals surface area contributed by atoms with Gasteiger partial charge in [-0.3, -0.25) is 4.99 Å². The molecular formula is C11H16N2O3. The molecule has 0 atom stereocenters. The number of nitrogens with zero attached hydrogens (tertiary/aromatic N) is 1. The number of rotatable bonds is 6. The van der Waals surface area contributed by atoms with E-state index in [1.54, 1.807) is 12.3 Å². The van der Waals surface area contributed by atoms with Gasteiger partial charge in [0.05, 0.1) is 13.2 Å². The van der Waals surface area contributed by atoms with Crippen LogP contribution in [0.4, 0.5) is 0 Å². The van der Waals surface area contributed by atoms with Gasteiger partial charge >= 0.3 is 0 Å². The molecule has 0 spiro atoms. The summed E-state index contributed by atoms with van der Waals surface area (Å²) in [7, 11) is 0. The highest BCUT2D eigenvalue weighted by Gasteiger charge is 1.98. The zero-order valence-corrected chi connectivity index (χ0v) is 8.93. The predicted octanol–water partition coefficient (Wildman–Crippen LogP) is 0.0986. The second kappa shape index (κ2) is 6.81. The summed E-state index contributed by atoms with van der Waals surface area (Å²) in [5, 5.41) is 30.0. The Morgan fingerprint density at radius 3 is 2.75 bits per heavy atom. The van der Waals surface area contributed by atoms with Crippen LogP contribution in [0.3, 0.4) is 0 Å². The normalized spacial score (nSPS) is 11.1. The van der Waals surface area contributed by atoms with Gasteiger partial charge in [0.1, 0.15) is 11.5 Å². The number of aliphatic hydroxyl groups excluding tert-OH is 1. The standard InChI is InChI=1S/C11H16N2O3/c14-6-5-12-3-4-13-8-9-1-2-10(15)7-11(9)16/h1-2,7-8,12,14-16H,3-6H2. The summed E-state index contributed by atoms with van der Waals surface area (Å²) in [5.41, 5.74) is 0.569. The van der Waals surface area contributed by atoms with Crippen LogP contribution in [0.1, 0.15) is 5.56 Å². The minimum atomic E-state index is 0.00654. The minimum Gasteiger partial charge on any atom is -0.508 e. The van der Waals surface area contributed by atoms with Crippen LogP contribution in [0.25, 0.3) is 0 Å². The lowest BCUT2D eigenvalue weighted by Crippen LogP contribution is -2.21. The molecule has 0 saturated heterocycles. The molecule has 0 aliphatic carbocycles. The molecule has 0 aliphatic rings. The number of nitrogens with one attached hydrogen (secondary N) is 1. The Labute approximate surface area is 94.1 Å². The van der Waals surface area contributed by atoms with E-state index >= 15 is 0 Å². The summed E-state index contributed by atoms with van der Waals surface area (Å²) in [4.78, 5) is 4.09. The van der Waals surface area contributed by atoms with E-state index in [1.165, 1.54) is 12.1 Å². The first-order valence-electron chi connectivity index (χ1n) is 5.07. The van der Waals surface area contributed by atoms with Crippen molar-refractivity contribution >= 4 is 6.21 Å². The van der Waals surface area contributed by atoms with Gasteiger partial charge in [-0.25, -0.2) is 0 Å². The largest absolute Gasteiger partial charge is 0.508 e. The number of aliphatic hydroxyl groups is 1. The predicted molar refractivity (Wildman–Crippen MR) is 62.2 cm³/mol. The Kier molecular flexibility index (Phi) is 5.31. The van der Waals surface area contributed by atoms with Gasteiger partial charge in [-0.2, -0.15) is 0 Å². The van der Waals surface area contributed by atoms with Crippen molar-refractivity contribution in [3.05, 3.63) is 23.8 Å². The van der Waals surface area contributed by atoms with E-state index in [9.17, 15) is 5.11 Å². The molecule has 1 aromatic rings. The van der Waals surface area contributed by atoms with Crippen LogP contribution >= 0.6 is 0 Å². The molecule has 5 nitrogen and oxygen atoms in total. The smallest absolute Gasteiger partial charge is 0.128 e. The number of phenols is 2. The fraction of sp³-hybridized carbons (Fsp3) is 0.364. The molecule has 88 valence electrons. The first kappa shape index (κ1) is 12.5. The van der Waals surface area contributed by atoms with Crippen molar-refractivity contribution in [2.24, 2.45) is 4.99 Å². The van der Waals surface area contributed by atoms with Crippen molar-refractivity contribution in [2.75, 3.05) is 26.2 Å². The van der Waals surface area contributed by atoms with Gasteiger partial charge in [0, 0.05) is 30.9 Å². The molecule has 0 aromatic heterocycles. The molecule has 1 rings (SSSR count). The molecule has 0 radical (unpaired) electrons. The molecule has 16 heavy (non-hydrogen) atoms. The van der Waals surface area contributed by atoms with E-state index in [0.29, 0.717) is 25.2 Å². The molecule has 0 heterocycles. The molecule has 0 saturated carbocycles. The van der Waals surface area contributed by atoms with Crippen molar-refractivity contribution in [3.8, 4) is 11.5 Å². The third kappa shape index (κ3) is 4.29. The molecule has 0 unspecified atom stereocenters. The second-order valence-electron chi connectivity index (χ2n) is 3.25. The van der Waals surface area contributed by atoms with Gasteiger partial charge in [-0.05, 0) is 12.1 Å². The summed E-state index contributed by atoms with van der Waals surface area (Å²) in [5.74, 6) is 0.0336. The Hall–Kier alpha value is -1.59. The Bertz CT molecular complexity index is 353. The Morgan fingerprint density at radius 1 is 1.25 bits per heavy atom. The third-order valence-electron chi connectivity index (χ3n) is 1.95. The number of benzene rings is 1. The fourth-order valence-corrected chi connectivity index (χ4v) is 1.15.